The molecule has 5 rings (SSSR count). The Morgan fingerprint density at radius 1 is 1.13 bits per heavy atom. The van der Waals surface area contributed by atoms with Gasteiger partial charge in [0.25, 0.3) is 6.01 Å². The zero-order chi connectivity index (χ0) is 26.6. The fourth-order valence-corrected chi connectivity index (χ4v) is 4.56. The van der Waals surface area contributed by atoms with E-state index in [0.29, 0.717) is 28.4 Å². The molecule has 0 bridgehead atoms. The van der Waals surface area contributed by atoms with E-state index in [0.717, 1.165) is 16.8 Å². The Morgan fingerprint density at radius 2 is 1.92 bits per heavy atom. The number of aryl methyl sites for hydroxylation is 1. The molecular formula is C29H28FN3O5. The number of hydrogen-bond donors (Lipinski definition) is 1. The van der Waals surface area contributed by atoms with Crippen LogP contribution in [0.1, 0.15) is 27.9 Å². The Balaban J connectivity index is 1.22. The first-order valence-corrected chi connectivity index (χ1v) is 12.4. The SMILES string of the molecule is COC(=O)c1ccc(OC[C@@H]2C[C@H](F)CN2C(=O)Cc2ccc3oc(Nc4ccccc4C)nc3c2)cc1. The molecule has 38 heavy (non-hydrogen) atoms. The van der Waals surface area contributed by atoms with Crippen molar-refractivity contribution in [2.24, 2.45) is 0 Å². The molecule has 2 heterocycles. The van der Waals surface area contributed by atoms with Crippen molar-refractivity contribution >= 4 is 34.7 Å². The number of aromatic nitrogens is 1. The number of anilines is 2. The van der Waals surface area contributed by atoms with Gasteiger partial charge in [0.1, 0.15) is 24.0 Å². The van der Waals surface area contributed by atoms with E-state index in [2.05, 4.69) is 10.3 Å². The number of methoxy groups -OCH3 is 1. The number of carbonyl (C=O) groups excluding carboxylic acids is 2. The van der Waals surface area contributed by atoms with Gasteiger partial charge in [-0.3, -0.25) is 4.79 Å². The molecule has 1 aliphatic heterocycles. The smallest absolute Gasteiger partial charge is 0.337 e. The number of oxazole rings is 1. The Bertz CT molecular complexity index is 1450. The van der Waals surface area contributed by atoms with Crippen LogP contribution in [0, 0.1) is 6.92 Å². The molecule has 3 aromatic carbocycles. The lowest BCUT2D eigenvalue weighted by molar-refractivity contribution is -0.132. The lowest BCUT2D eigenvalue weighted by Gasteiger charge is -2.24. The van der Waals surface area contributed by atoms with E-state index in [1.807, 2.05) is 43.3 Å². The predicted molar refractivity (Wildman–Crippen MR) is 140 cm³/mol. The van der Waals surface area contributed by atoms with Gasteiger partial charge in [-0.25, -0.2) is 9.18 Å². The van der Waals surface area contributed by atoms with Crippen molar-refractivity contribution in [1.29, 1.82) is 0 Å². The van der Waals surface area contributed by atoms with Crippen molar-refractivity contribution < 1.29 is 27.9 Å². The van der Waals surface area contributed by atoms with Crippen LogP contribution in [0.5, 0.6) is 5.75 Å². The van der Waals surface area contributed by atoms with E-state index in [4.69, 9.17) is 13.9 Å². The number of fused-ring (bicyclic) bond motifs is 1. The summed E-state index contributed by atoms with van der Waals surface area (Å²) in [5.74, 6) is -0.0909. The average Bonchev–Trinajstić information content (AvgIpc) is 3.50. The lowest BCUT2D eigenvalue weighted by Crippen LogP contribution is -2.40. The number of rotatable bonds is 8. The molecule has 1 N–H and O–H groups in total. The quantitative estimate of drug-likeness (QED) is 0.320. The van der Waals surface area contributed by atoms with E-state index in [9.17, 15) is 14.0 Å². The number of esters is 1. The summed E-state index contributed by atoms with van der Waals surface area (Å²) in [5, 5.41) is 3.18. The van der Waals surface area contributed by atoms with Crippen LogP contribution in [-0.2, 0) is 16.0 Å². The fraction of sp³-hybridized carbons (Fsp3) is 0.276. The van der Waals surface area contributed by atoms with Gasteiger partial charge in [-0.2, -0.15) is 4.98 Å². The summed E-state index contributed by atoms with van der Waals surface area (Å²) < 4.78 is 30.6. The van der Waals surface area contributed by atoms with Gasteiger partial charge in [0.2, 0.25) is 5.91 Å². The fourth-order valence-electron chi connectivity index (χ4n) is 4.56. The van der Waals surface area contributed by atoms with Gasteiger partial charge in [-0.1, -0.05) is 24.3 Å². The van der Waals surface area contributed by atoms with Crippen LogP contribution in [0.3, 0.4) is 0 Å². The Hall–Kier alpha value is -4.40. The number of nitrogens with one attached hydrogen (secondary N) is 1. The maximum atomic E-state index is 14.3. The van der Waals surface area contributed by atoms with Crippen molar-refractivity contribution in [3.63, 3.8) is 0 Å². The molecule has 0 radical (unpaired) electrons. The number of likely N-dealkylation sites (tertiary alicyclic amines) is 1. The highest BCUT2D eigenvalue weighted by molar-refractivity contribution is 5.89. The summed E-state index contributed by atoms with van der Waals surface area (Å²) in [6.45, 7) is 2.18. The number of alkyl halides is 1. The maximum Gasteiger partial charge on any atom is 0.337 e. The minimum atomic E-state index is -1.11. The molecule has 196 valence electrons. The zero-order valence-corrected chi connectivity index (χ0v) is 21.1. The topological polar surface area (TPSA) is 93.9 Å². The second kappa shape index (κ2) is 10.9. The minimum Gasteiger partial charge on any atom is -0.491 e. The lowest BCUT2D eigenvalue weighted by atomic mass is 10.1. The first kappa shape index (κ1) is 25.3. The molecule has 1 saturated heterocycles. The molecule has 0 aliphatic carbocycles. The van der Waals surface area contributed by atoms with E-state index in [1.165, 1.54) is 7.11 Å². The Labute approximate surface area is 219 Å². The predicted octanol–water partition coefficient (Wildman–Crippen LogP) is 5.23. The maximum absolute atomic E-state index is 14.3. The van der Waals surface area contributed by atoms with Crippen LogP contribution in [-0.4, -0.2) is 54.2 Å². The van der Waals surface area contributed by atoms with Gasteiger partial charge in [0.05, 0.1) is 31.7 Å². The van der Waals surface area contributed by atoms with Crippen molar-refractivity contribution in [3.8, 4) is 5.75 Å². The Morgan fingerprint density at radius 3 is 2.68 bits per heavy atom. The van der Waals surface area contributed by atoms with Crippen LogP contribution in [0.4, 0.5) is 16.1 Å². The molecule has 0 spiro atoms. The summed E-state index contributed by atoms with van der Waals surface area (Å²) in [4.78, 5) is 30.8. The highest BCUT2D eigenvalue weighted by Crippen LogP contribution is 2.26. The number of amides is 1. The minimum absolute atomic E-state index is 0.0326. The highest BCUT2D eigenvalue weighted by Gasteiger charge is 2.35. The van der Waals surface area contributed by atoms with Gasteiger partial charge < -0.3 is 24.1 Å². The molecule has 8 nitrogen and oxygen atoms in total. The number of benzene rings is 3. The number of para-hydroxylation sites is 1. The summed E-state index contributed by atoms with van der Waals surface area (Å²) >= 11 is 0. The average molecular weight is 518 g/mol. The number of carbonyl (C=O) groups is 2. The van der Waals surface area contributed by atoms with Crippen LogP contribution in [0.25, 0.3) is 11.1 Å². The van der Waals surface area contributed by atoms with Gasteiger partial charge in [-0.15, -0.1) is 0 Å². The van der Waals surface area contributed by atoms with Crippen LogP contribution >= 0.6 is 0 Å². The van der Waals surface area contributed by atoms with Crippen LogP contribution < -0.4 is 10.1 Å². The molecular weight excluding hydrogens is 489 g/mol. The first-order valence-electron chi connectivity index (χ1n) is 12.4. The van der Waals surface area contributed by atoms with Gasteiger partial charge in [-0.05, 0) is 60.5 Å². The summed E-state index contributed by atoms with van der Waals surface area (Å²) in [6.07, 6.45) is -0.787. The molecule has 0 unspecified atom stereocenters. The molecule has 4 aromatic rings. The third kappa shape index (κ3) is 5.61. The monoisotopic (exact) mass is 517 g/mol. The number of ether oxygens (including phenoxy) is 2. The van der Waals surface area contributed by atoms with Crippen molar-refractivity contribution in [2.45, 2.75) is 32.0 Å². The van der Waals surface area contributed by atoms with Crippen LogP contribution in [0.15, 0.2) is 71.1 Å². The standard InChI is InChI=1S/C29H28FN3O5/c1-18-5-3-4-6-24(18)31-29-32-25-13-19(7-12-26(25)38-29)14-27(34)33-16-21(30)15-22(33)17-37-23-10-8-20(9-11-23)28(35)36-2/h3-13,21-22H,14-17H2,1-2H3,(H,31,32)/t21-,22-/m0/s1. The number of nitrogens with zero attached hydrogens (tertiary/aromatic N) is 2. The van der Waals surface area contributed by atoms with Crippen LogP contribution in [0.2, 0.25) is 0 Å². The third-order valence-electron chi connectivity index (χ3n) is 6.60. The molecule has 0 saturated carbocycles. The third-order valence-corrected chi connectivity index (χ3v) is 6.60. The summed E-state index contributed by atoms with van der Waals surface area (Å²) in [5.41, 5.74) is 4.37. The zero-order valence-electron chi connectivity index (χ0n) is 21.1. The molecule has 9 heteroatoms. The normalized spacial score (nSPS) is 17.0. The number of hydrogen-bond acceptors (Lipinski definition) is 7. The van der Waals surface area contributed by atoms with Crippen molar-refractivity contribution in [1.82, 2.24) is 9.88 Å². The van der Waals surface area contributed by atoms with E-state index < -0.39 is 18.2 Å². The van der Waals surface area contributed by atoms with E-state index in [1.54, 1.807) is 35.2 Å². The summed E-state index contributed by atoms with van der Waals surface area (Å²) in [7, 11) is 1.32. The van der Waals surface area contributed by atoms with Crippen molar-refractivity contribution in [2.75, 3.05) is 25.6 Å². The largest absolute Gasteiger partial charge is 0.491 e. The molecule has 2 atom stereocenters. The Kier molecular flexibility index (Phi) is 7.26. The summed E-state index contributed by atoms with van der Waals surface area (Å²) in [6, 6.07) is 19.7. The van der Waals surface area contributed by atoms with Gasteiger partial charge in [0.15, 0.2) is 5.58 Å². The molecule has 1 fully saturated rings. The van der Waals surface area contributed by atoms with Gasteiger partial charge in [0, 0.05) is 12.1 Å². The molecule has 1 amide bonds. The second-order valence-electron chi connectivity index (χ2n) is 9.30. The molecule has 1 aliphatic rings. The second-order valence-corrected chi connectivity index (χ2v) is 9.30. The van der Waals surface area contributed by atoms with Crippen molar-refractivity contribution in [3.05, 3.63) is 83.4 Å². The van der Waals surface area contributed by atoms with E-state index in [-0.39, 0.29) is 31.9 Å². The van der Waals surface area contributed by atoms with Gasteiger partial charge >= 0.3 is 5.97 Å². The molecule has 1 aromatic heterocycles. The highest BCUT2D eigenvalue weighted by atomic mass is 19.1. The first-order chi connectivity index (χ1) is 18.4. The van der Waals surface area contributed by atoms with E-state index >= 15 is 0 Å². The number of halogens is 1.